The maximum Gasteiger partial charge on any atom is 0.348 e. The molecule has 1 amide bonds. The molecule has 3 aromatic rings. The Morgan fingerprint density at radius 3 is 2.32 bits per heavy atom. The highest BCUT2D eigenvalue weighted by Crippen LogP contribution is 2.34. The summed E-state index contributed by atoms with van der Waals surface area (Å²) in [4.78, 5) is 27.2. The van der Waals surface area contributed by atoms with E-state index < -0.39 is 34.5 Å². The van der Waals surface area contributed by atoms with Gasteiger partial charge in [-0.3, -0.25) is 4.79 Å². The zero-order valence-electron chi connectivity index (χ0n) is 21.2. The second-order valence-corrected chi connectivity index (χ2v) is 10.3. The maximum absolute atomic E-state index is 13.8. The molecule has 0 bridgehead atoms. The number of ether oxygens (including phenoxy) is 4. The first-order valence-corrected chi connectivity index (χ1v) is 13.1. The molecule has 38 heavy (non-hydrogen) atoms. The van der Waals surface area contributed by atoms with Gasteiger partial charge in [-0.2, -0.15) is 4.31 Å². The molecule has 0 unspecified atom stereocenters. The molecule has 3 aromatic carbocycles. The van der Waals surface area contributed by atoms with Gasteiger partial charge in [-0.05, 0) is 29.8 Å². The van der Waals surface area contributed by atoms with Crippen LogP contribution in [-0.4, -0.2) is 65.1 Å². The van der Waals surface area contributed by atoms with Gasteiger partial charge in [0.25, 0.3) is 0 Å². The number of hydrogen-bond donors (Lipinski definition) is 0. The molecule has 0 aromatic heterocycles. The number of hydrogen-bond acceptors (Lipinski definition) is 8. The highest BCUT2D eigenvalue weighted by molar-refractivity contribution is 7.89. The largest absolute Gasteiger partial charge is 0.493 e. The van der Waals surface area contributed by atoms with Crippen molar-refractivity contribution in [2.45, 2.75) is 17.5 Å². The van der Waals surface area contributed by atoms with Crippen LogP contribution in [0.5, 0.6) is 17.2 Å². The van der Waals surface area contributed by atoms with Crippen LogP contribution in [0.1, 0.15) is 5.56 Å². The van der Waals surface area contributed by atoms with E-state index in [1.54, 1.807) is 48.5 Å². The monoisotopic (exact) mass is 540 g/mol. The molecular weight excluding hydrogens is 512 g/mol. The lowest BCUT2D eigenvalue weighted by Gasteiger charge is -2.34. The van der Waals surface area contributed by atoms with Gasteiger partial charge in [0.2, 0.25) is 22.0 Å². The first-order chi connectivity index (χ1) is 18.3. The molecule has 0 N–H and O–H groups in total. The maximum atomic E-state index is 13.8. The molecule has 200 valence electrons. The molecule has 1 aliphatic heterocycles. The minimum atomic E-state index is -4.18. The van der Waals surface area contributed by atoms with Crippen molar-refractivity contribution < 1.29 is 37.0 Å². The smallest absolute Gasteiger partial charge is 0.348 e. The van der Waals surface area contributed by atoms with Crippen LogP contribution in [0.2, 0.25) is 0 Å². The molecular formula is C27H28N2O8S. The molecule has 0 radical (unpaired) electrons. The van der Waals surface area contributed by atoms with E-state index >= 15 is 0 Å². The second kappa shape index (κ2) is 11.5. The molecule has 10 nitrogen and oxygen atoms in total. The molecule has 1 heterocycles. The van der Waals surface area contributed by atoms with Crippen LogP contribution in [0.15, 0.2) is 77.7 Å². The summed E-state index contributed by atoms with van der Waals surface area (Å²) < 4.78 is 49.8. The number of sulfonamides is 1. The van der Waals surface area contributed by atoms with Crippen molar-refractivity contribution in [3.8, 4) is 17.2 Å². The number of fused-ring (bicyclic) bond motifs is 1. The van der Waals surface area contributed by atoms with E-state index in [0.29, 0.717) is 22.7 Å². The van der Waals surface area contributed by atoms with Crippen molar-refractivity contribution in [1.82, 2.24) is 4.31 Å². The van der Waals surface area contributed by atoms with Crippen LogP contribution < -0.4 is 19.1 Å². The third kappa shape index (κ3) is 5.58. The van der Waals surface area contributed by atoms with Gasteiger partial charge in [-0.15, -0.1) is 0 Å². The van der Waals surface area contributed by atoms with Crippen LogP contribution in [0.25, 0.3) is 0 Å². The Hall–Kier alpha value is -4.09. The molecule has 1 atom stereocenters. The molecule has 11 heteroatoms. The van der Waals surface area contributed by atoms with Crippen molar-refractivity contribution >= 4 is 27.6 Å². The van der Waals surface area contributed by atoms with Gasteiger partial charge < -0.3 is 23.8 Å². The first-order valence-electron chi connectivity index (χ1n) is 11.7. The average molecular weight is 541 g/mol. The quantitative estimate of drug-likeness (QED) is 0.381. The van der Waals surface area contributed by atoms with E-state index in [0.717, 1.165) is 4.31 Å². The fourth-order valence-corrected chi connectivity index (χ4v) is 5.49. The Bertz CT molecular complexity index is 1410. The second-order valence-electron chi connectivity index (χ2n) is 8.38. The predicted molar refractivity (Wildman–Crippen MR) is 139 cm³/mol. The summed E-state index contributed by atoms with van der Waals surface area (Å²) in [6.45, 7) is -0.679. The molecule has 0 saturated carbocycles. The number of anilines is 1. The number of carbonyl (C=O) groups is 2. The van der Waals surface area contributed by atoms with Crippen molar-refractivity contribution in [1.29, 1.82) is 0 Å². The fourth-order valence-electron chi connectivity index (χ4n) is 4.10. The topological polar surface area (TPSA) is 112 Å². The Balaban J connectivity index is 1.70. The van der Waals surface area contributed by atoms with E-state index in [-0.39, 0.29) is 23.7 Å². The highest BCUT2D eigenvalue weighted by atomic mass is 32.2. The standard InChI is InChI=1S/C27H28N2O8S/c1-34-23-14-13-20(15-24(23)35-2)38(32,33)28(16-19-9-5-4-6-10-19)18-26(30)29-17-25(27(31)36-3)37-22-12-8-7-11-21(22)29/h4-15,25H,16-18H2,1-3H3/t25-/m1/s1. The van der Waals surface area contributed by atoms with E-state index in [2.05, 4.69) is 0 Å². The predicted octanol–water partition coefficient (Wildman–Crippen LogP) is 2.86. The number of amides is 1. The zero-order valence-corrected chi connectivity index (χ0v) is 22.0. The summed E-state index contributed by atoms with van der Waals surface area (Å²) in [5.41, 5.74) is 1.12. The summed E-state index contributed by atoms with van der Waals surface area (Å²) in [6, 6.07) is 19.9. The Kier molecular flexibility index (Phi) is 8.18. The third-order valence-electron chi connectivity index (χ3n) is 6.04. The van der Waals surface area contributed by atoms with Crippen LogP contribution in [-0.2, 0) is 30.9 Å². The minimum Gasteiger partial charge on any atom is -0.493 e. The van der Waals surface area contributed by atoms with Gasteiger partial charge >= 0.3 is 5.97 Å². The normalized spacial score (nSPS) is 14.8. The number of para-hydroxylation sites is 2. The van der Waals surface area contributed by atoms with E-state index in [1.807, 2.05) is 6.07 Å². The van der Waals surface area contributed by atoms with Crippen molar-refractivity contribution in [2.75, 3.05) is 39.3 Å². The lowest BCUT2D eigenvalue weighted by molar-refractivity contribution is -0.148. The van der Waals surface area contributed by atoms with E-state index in [4.69, 9.17) is 18.9 Å². The minimum absolute atomic E-state index is 0.0598. The van der Waals surface area contributed by atoms with Gasteiger partial charge in [0, 0.05) is 12.6 Å². The number of carbonyl (C=O) groups excluding carboxylic acids is 2. The lowest BCUT2D eigenvalue weighted by atomic mass is 10.2. The number of nitrogens with zero attached hydrogens (tertiary/aromatic N) is 2. The number of rotatable bonds is 9. The molecule has 0 aliphatic carbocycles. The van der Waals surface area contributed by atoms with Crippen LogP contribution in [0.3, 0.4) is 0 Å². The summed E-state index contributed by atoms with van der Waals surface area (Å²) in [7, 11) is -0.0809. The number of methoxy groups -OCH3 is 3. The molecule has 1 aliphatic rings. The van der Waals surface area contributed by atoms with Gasteiger partial charge in [0.1, 0.15) is 5.75 Å². The first kappa shape index (κ1) is 27.0. The Morgan fingerprint density at radius 1 is 0.947 bits per heavy atom. The number of esters is 1. The Labute approximate surface area is 221 Å². The van der Waals surface area contributed by atoms with Gasteiger partial charge in [-0.1, -0.05) is 42.5 Å². The lowest BCUT2D eigenvalue weighted by Crippen LogP contribution is -2.50. The van der Waals surface area contributed by atoms with E-state index in [9.17, 15) is 18.0 Å². The molecule has 0 spiro atoms. The van der Waals surface area contributed by atoms with Gasteiger partial charge in [-0.25, -0.2) is 13.2 Å². The summed E-state index contributed by atoms with van der Waals surface area (Å²) >= 11 is 0. The van der Waals surface area contributed by atoms with Gasteiger partial charge in [0.15, 0.2) is 11.5 Å². The SMILES string of the molecule is COC(=O)[C@H]1CN(C(=O)CN(Cc2ccccc2)S(=O)(=O)c2ccc(OC)c(OC)c2)c2ccccc2O1. The summed E-state index contributed by atoms with van der Waals surface area (Å²) in [5, 5.41) is 0. The van der Waals surface area contributed by atoms with Crippen molar-refractivity contribution in [3.63, 3.8) is 0 Å². The third-order valence-corrected chi connectivity index (χ3v) is 7.83. The molecule has 0 saturated heterocycles. The number of benzene rings is 3. The zero-order chi connectivity index (χ0) is 27.3. The van der Waals surface area contributed by atoms with E-state index in [1.165, 1.54) is 44.4 Å². The Morgan fingerprint density at radius 2 is 1.63 bits per heavy atom. The molecule has 4 rings (SSSR count). The van der Waals surface area contributed by atoms with Crippen molar-refractivity contribution in [2.24, 2.45) is 0 Å². The summed E-state index contributed by atoms with van der Waals surface area (Å²) in [5.74, 6) is -0.246. The average Bonchev–Trinajstić information content (AvgIpc) is 2.95. The van der Waals surface area contributed by atoms with Crippen LogP contribution in [0.4, 0.5) is 5.69 Å². The van der Waals surface area contributed by atoms with Crippen molar-refractivity contribution in [3.05, 3.63) is 78.4 Å². The fraction of sp³-hybridized carbons (Fsp3) is 0.259. The van der Waals surface area contributed by atoms with Crippen LogP contribution in [0, 0.1) is 0 Å². The highest BCUT2D eigenvalue weighted by Gasteiger charge is 2.36. The molecule has 0 fully saturated rings. The summed E-state index contributed by atoms with van der Waals surface area (Å²) in [6.07, 6.45) is -1.05. The van der Waals surface area contributed by atoms with Gasteiger partial charge in [0.05, 0.1) is 45.0 Å². The van der Waals surface area contributed by atoms with Crippen LogP contribution >= 0.6 is 0 Å².